The smallest absolute Gasteiger partial charge is 0.262 e. The van der Waals surface area contributed by atoms with E-state index in [0.717, 1.165) is 4.47 Å². The number of carbonyl (C=O) groups excluding carboxylic acids is 1. The van der Waals surface area contributed by atoms with Crippen LogP contribution in [-0.4, -0.2) is 21.2 Å². The number of benzene rings is 2. The van der Waals surface area contributed by atoms with Crippen molar-refractivity contribution in [1.82, 2.24) is 9.55 Å². The second-order valence-electron chi connectivity index (χ2n) is 5.57. The summed E-state index contributed by atoms with van der Waals surface area (Å²) in [7, 11) is 0. The van der Waals surface area contributed by atoms with Gasteiger partial charge in [-0.25, -0.2) is 4.98 Å². The molecule has 140 valence electrons. The van der Waals surface area contributed by atoms with Crippen LogP contribution in [0.2, 0.25) is 10.0 Å². The molecule has 0 spiro atoms. The SMILES string of the molecule is CCn1c(SCC(=O)Nc2cc(Cl)ccc2Cl)nc2ccc(Br)cc2c1=O. The minimum absolute atomic E-state index is 0.0807. The number of nitrogens with zero attached hydrogens (tertiary/aromatic N) is 2. The van der Waals surface area contributed by atoms with Crippen LogP contribution in [0.15, 0.2) is 50.8 Å². The summed E-state index contributed by atoms with van der Waals surface area (Å²) in [4.78, 5) is 29.5. The third-order valence-electron chi connectivity index (χ3n) is 3.73. The topological polar surface area (TPSA) is 64.0 Å². The van der Waals surface area contributed by atoms with E-state index in [0.29, 0.717) is 38.3 Å². The summed E-state index contributed by atoms with van der Waals surface area (Å²) in [6.45, 7) is 2.32. The third-order valence-corrected chi connectivity index (χ3v) is 5.77. The standard InChI is InChI=1S/C18H14BrCl2N3O2S/c1-2-24-17(26)12-7-10(19)3-6-14(12)23-18(24)27-9-16(25)22-15-8-11(20)4-5-13(15)21/h3-8H,2,9H2,1H3,(H,22,25). The molecule has 0 saturated carbocycles. The summed E-state index contributed by atoms with van der Waals surface area (Å²) in [6.07, 6.45) is 0. The molecule has 2 aromatic carbocycles. The molecule has 0 radical (unpaired) electrons. The van der Waals surface area contributed by atoms with Crippen molar-refractivity contribution in [3.63, 3.8) is 0 Å². The highest BCUT2D eigenvalue weighted by atomic mass is 79.9. The molecule has 0 aliphatic rings. The van der Waals surface area contributed by atoms with Gasteiger partial charge in [0, 0.05) is 16.0 Å². The van der Waals surface area contributed by atoms with Crippen molar-refractivity contribution >= 4 is 73.4 Å². The summed E-state index contributed by atoms with van der Waals surface area (Å²) >= 11 is 16.6. The first-order chi connectivity index (χ1) is 12.9. The lowest BCUT2D eigenvalue weighted by Gasteiger charge is -2.12. The van der Waals surface area contributed by atoms with Crippen LogP contribution < -0.4 is 10.9 Å². The molecule has 1 aromatic heterocycles. The first kappa shape index (κ1) is 20.2. The molecule has 27 heavy (non-hydrogen) atoms. The van der Waals surface area contributed by atoms with E-state index in [9.17, 15) is 9.59 Å². The monoisotopic (exact) mass is 485 g/mol. The predicted molar refractivity (Wildman–Crippen MR) is 115 cm³/mol. The van der Waals surface area contributed by atoms with Gasteiger partial charge in [-0.2, -0.15) is 0 Å². The summed E-state index contributed by atoms with van der Waals surface area (Å²) in [6, 6.07) is 10.2. The van der Waals surface area contributed by atoms with Crippen LogP contribution in [0.5, 0.6) is 0 Å². The Balaban J connectivity index is 1.82. The lowest BCUT2D eigenvalue weighted by atomic mass is 10.2. The van der Waals surface area contributed by atoms with Gasteiger partial charge in [-0.15, -0.1) is 0 Å². The zero-order valence-corrected chi connectivity index (χ0v) is 18.0. The Morgan fingerprint density at radius 2 is 2.04 bits per heavy atom. The maximum Gasteiger partial charge on any atom is 0.262 e. The van der Waals surface area contributed by atoms with Gasteiger partial charge in [0.2, 0.25) is 5.91 Å². The van der Waals surface area contributed by atoms with Crippen molar-refractivity contribution in [1.29, 1.82) is 0 Å². The molecule has 0 aliphatic carbocycles. The minimum Gasteiger partial charge on any atom is -0.324 e. The maximum atomic E-state index is 12.7. The highest BCUT2D eigenvalue weighted by Gasteiger charge is 2.13. The van der Waals surface area contributed by atoms with E-state index in [2.05, 4.69) is 26.2 Å². The van der Waals surface area contributed by atoms with Crippen LogP contribution in [0.4, 0.5) is 5.69 Å². The molecule has 1 amide bonds. The molecule has 0 unspecified atom stereocenters. The Morgan fingerprint density at radius 1 is 1.26 bits per heavy atom. The Morgan fingerprint density at radius 3 is 2.78 bits per heavy atom. The van der Waals surface area contributed by atoms with E-state index in [4.69, 9.17) is 23.2 Å². The fourth-order valence-electron chi connectivity index (χ4n) is 2.47. The lowest BCUT2D eigenvalue weighted by molar-refractivity contribution is -0.113. The highest BCUT2D eigenvalue weighted by molar-refractivity contribution is 9.10. The van der Waals surface area contributed by atoms with Crippen LogP contribution in [0.3, 0.4) is 0 Å². The maximum absolute atomic E-state index is 12.7. The Kier molecular flexibility index (Phi) is 6.47. The number of hydrogen-bond donors (Lipinski definition) is 1. The van der Waals surface area contributed by atoms with E-state index in [1.165, 1.54) is 11.8 Å². The average Bonchev–Trinajstić information content (AvgIpc) is 2.64. The first-order valence-electron chi connectivity index (χ1n) is 7.97. The summed E-state index contributed by atoms with van der Waals surface area (Å²) < 4.78 is 2.37. The van der Waals surface area contributed by atoms with Crippen LogP contribution in [0.1, 0.15) is 6.92 Å². The Hall–Kier alpha value is -1.54. The molecule has 3 aromatic rings. The van der Waals surface area contributed by atoms with Gasteiger partial charge in [0.1, 0.15) is 0 Å². The fraction of sp³-hybridized carbons (Fsp3) is 0.167. The minimum atomic E-state index is -0.267. The molecular formula is C18H14BrCl2N3O2S. The predicted octanol–water partition coefficient (Wildman–Crippen LogP) is 5.22. The van der Waals surface area contributed by atoms with Crippen LogP contribution in [0.25, 0.3) is 10.9 Å². The molecule has 0 saturated heterocycles. The zero-order chi connectivity index (χ0) is 19.6. The number of hydrogen-bond acceptors (Lipinski definition) is 4. The largest absolute Gasteiger partial charge is 0.324 e. The number of amides is 1. The van der Waals surface area contributed by atoms with Gasteiger partial charge in [0.25, 0.3) is 5.56 Å². The van der Waals surface area contributed by atoms with Crippen molar-refractivity contribution in [2.24, 2.45) is 0 Å². The van der Waals surface area contributed by atoms with E-state index in [1.807, 2.05) is 13.0 Å². The molecule has 0 fully saturated rings. The quantitative estimate of drug-likeness (QED) is 0.396. The zero-order valence-electron chi connectivity index (χ0n) is 14.1. The number of halogens is 3. The van der Waals surface area contributed by atoms with Crippen molar-refractivity contribution in [2.75, 3.05) is 11.1 Å². The number of anilines is 1. The lowest BCUT2D eigenvalue weighted by Crippen LogP contribution is -2.23. The number of nitrogens with one attached hydrogen (secondary N) is 1. The van der Waals surface area contributed by atoms with Gasteiger partial charge in [-0.3, -0.25) is 14.2 Å². The van der Waals surface area contributed by atoms with Crippen molar-refractivity contribution in [2.45, 2.75) is 18.6 Å². The second kappa shape index (κ2) is 8.65. The Labute approximate surface area is 178 Å². The van der Waals surface area contributed by atoms with Gasteiger partial charge in [-0.05, 0) is 43.3 Å². The van der Waals surface area contributed by atoms with Crippen molar-refractivity contribution < 1.29 is 4.79 Å². The van der Waals surface area contributed by atoms with Crippen LogP contribution in [0, 0.1) is 0 Å². The third kappa shape index (κ3) is 4.66. The van der Waals surface area contributed by atoms with Gasteiger partial charge in [0.15, 0.2) is 5.16 Å². The van der Waals surface area contributed by atoms with E-state index < -0.39 is 0 Å². The van der Waals surface area contributed by atoms with Crippen LogP contribution in [-0.2, 0) is 11.3 Å². The van der Waals surface area contributed by atoms with Gasteiger partial charge in [-0.1, -0.05) is 50.9 Å². The molecule has 0 aliphatic heterocycles. The normalized spacial score (nSPS) is 11.0. The Bertz CT molecular complexity index is 1090. The van der Waals surface area contributed by atoms with Crippen LogP contribution >= 0.6 is 50.9 Å². The highest BCUT2D eigenvalue weighted by Crippen LogP contribution is 2.26. The van der Waals surface area contributed by atoms with Gasteiger partial charge in [0.05, 0.1) is 27.4 Å². The van der Waals surface area contributed by atoms with Gasteiger partial charge < -0.3 is 5.32 Å². The molecule has 1 N–H and O–H groups in total. The number of aromatic nitrogens is 2. The number of fused-ring (bicyclic) bond motifs is 1. The second-order valence-corrected chi connectivity index (χ2v) is 8.27. The molecule has 3 rings (SSSR count). The molecule has 0 bridgehead atoms. The van der Waals surface area contributed by atoms with E-state index in [-0.39, 0.29) is 17.2 Å². The van der Waals surface area contributed by atoms with Crippen molar-refractivity contribution in [3.05, 3.63) is 61.3 Å². The average molecular weight is 487 g/mol. The van der Waals surface area contributed by atoms with E-state index >= 15 is 0 Å². The van der Waals surface area contributed by atoms with Gasteiger partial charge >= 0.3 is 0 Å². The molecule has 1 heterocycles. The number of carbonyl (C=O) groups is 1. The fourth-order valence-corrected chi connectivity index (χ4v) is 4.03. The molecule has 0 atom stereocenters. The van der Waals surface area contributed by atoms with Crippen molar-refractivity contribution in [3.8, 4) is 0 Å². The molecule has 9 heteroatoms. The summed E-state index contributed by atoms with van der Waals surface area (Å²) in [5, 5.41) is 4.62. The van der Waals surface area contributed by atoms with E-state index in [1.54, 1.807) is 34.9 Å². The summed E-state index contributed by atoms with van der Waals surface area (Å²) in [5.74, 6) is -0.186. The number of thioether (sulfide) groups is 1. The number of rotatable bonds is 5. The molecular weight excluding hydrogens is 473 g/mol. The summed E-state index contributed by atoms with van der Waals surface area (Å²) in [5.41, 5.74) is 0.900. The first-order valence-corrected chi connectivity index (χ1v) is 10.5. The molecule has 5 nitrogen and oxygen atoms in total.